The van der Waals surface area contributed by atoms with Crippen molar-refractivity contribution < 1.29 is 0 Å². The fraction of sp³-hybridized carbons (Fsp3) is 0. The summed E-state index contributed by atoms with van der Waals surface area (Å²) in [6.07, 6.45) is 5.21. The molecule has 2 aromatic rings. The Balaban J connectivity index is 2.58. The van der Waals surface area contributed by atoms with Crippen LogP contribution in [0, 0.1) is 0 Å². The Kier molecular flexibility index (Phi) is 2.45. The zero-order valence-electron chi connectivity index (χ0n) is 7.31. The molecule has 70 valence electrons. The fourth-order valence-electron chi connectivity index (χ4n) is 1.20. The Bertz CT molecular complexity index is 442. The van der Waals surface area contributed by atoms with E-state index in [1.165, 1.54) is 0 Å². The molecule has 14 heavy (non-hydrogen) atoms. The summed E-state index contributed by atoms with van der Waals surface area (Å²) in [5, 5.41) is 0. The minimum Gasteiger partial charge on any atom is -0.383 e. The molecule has 0 amide bonds. The minimum atomic E-state index is 0.492. The first-order chi connectivity index (χ1) is 6.79. The summed E-state index contributed by atoms with van der Waals surface area (Å²) in [6, 6.07) is 5.77. The van der Waals surface area contributed by atoms with E-state index in [1.54, 1.807) is 18.6 Å². The van der Waals surface area contributed by atoms with E-state index in [0.717, 1.165) is 15.6 Å². The molecule has 0 aliphatic heterocycles. The highest BCUT2D eigenvalue weighted by Crippen LogP contribution is 2.30. The minimum absolute atomic E-state index is 0.492. The van der Waals surface area contributed by atoms with Crippen LogP contribution in [0.25, 0.3) is 11.1 Å². The largest absolute Gasteiger partial charge is 0.383 e. The summed E-state index contributed by atoms with van der Waals surface area (Å²) in [6.45, 7) is 0. The summed E-state index contributed by atoms with van der Waals surface area (Å²) < 4.78 is 0.813. The molecule has 2 heterocycles. The maximum Gasteiger partial charge on any atom is 0.138 e. The lowest BCUT2D eigenvalue weighted by Crippen LogP contribution is -1.92. The lowest BCUT2D eigenvalue weighted by atomic mass is 10.1. The van der Waals surface area contributed by atoms with Crippen LogP contribution >= 0.6 is 15.9 Å². The standard InChI is InChI=1S/C10H8BrN3/c11-9-8(3-5-14-10(9)12)7-2-1-4-13-6-7/h1-6H,(H2,12,14). The molecular weight excluding hydrogens is 242 g/mol. The molecule has 4 heteroatoms. The van der Waals surface area contributed by atoms with E-state index in [9.17, 15) is 0 Å². The summed E-state index contributed by atoms with van der Waals surface area (Å²) in [7, 11) is 0. The quantitative estimate of drug-likeness (QED) is 0.845. The van der Waals surface area contributed by atoms with Crippen LogP contribution in [0.15, 0.2) is 41.3 Å². The lowest BCUT2D eigenvalue weighted by Gasteiger charge is -2.04. The number of aromatic nitrogens is 2. The molecular formula is C10H8BrN3. The maximum atomic E-state index is 5.68. The average molecular weight is 250 g/mol. The van der Waals surface area contributed by atoms with Crippen molar-refractivity contribution in [1.29, 1.82) is 0 Å². The second-order valence-electron chi connectivity index (χ2n) is 2.80. The first-order valence-corrected chi connectivity index (χ1v) is 4.88. The topological polar surface area (TPSA) is 51.8 Å². The number of anilines is 1. The van der Waals surface area contributed by atoms with Crippen molar-refractivity contribution in [3.63, 3.8) is 0 Å². The van der Waals surface area contributed by atoms with Crippen LogP contribution in [0.4, 0.5) is 5.82 Å². The van der Waals surface area contributed by atoms with Gasteiger partial charge in [0.2, 0.25) is 0 Å². The van der Waals surface area contributed by atoms with E-state index in [4.69, 9.17) is 5.73 Å². The van der Waals surface area contributed by atoms with Gasteiger partial charge in [-0.15, -0.1) is 0 Å². The average Bonchev–Trinajstić information content (AvgIpc) is 2.23. The van der Waals surface area contributed by atoms with Crippen molar-refractivity contribution in [2.45, 2.75) is 0 Å². The van der Waals surface area contributed by atoms with E-state index in [1.807, 2.05) is 18.2 Å². The van der Waals surface area contributed by atoms with Gasteiger partial charge in [0.1, 0.15) is 5.82 Å². The molecule has 3 nitrogen and oxygen atoms in total. The van der Waals surface area contributed by atoms with E-state index in [2.05, 4.69) is 25.9 Å². The van der Waals surface area contributed by atoms with Crippen LogP contribution in [0.2, 0.25) is 0 Å². The molecule has 2 rings (SSSR count). The Morgan fingerprint density at radius 1 is 1.21 bits per heavy atom. The van der Waals surface area contributed by atoms with Crippen molar-refractivity contribution in [3.8, 4) is 11.1 Å². The third-order valence-electron chi connectivity index (χ3n) is 1.89. The zero-order chi connectivity index (χ0) is 9.97. The molecule has 0 bridgehead atoms. The van der Waals surface area contributed by atoms with Gasteiger partial charge in [-0.2, -0.15) is 0 Å². The second-order valence-corrected chi connectivity index (χ2v) is 3.59. The first kappa shape index (κ1) is 9.15. The molecule has 2 N–H and O–H groups in total. The predicted molar refractivity (Wildman–Crippen MR) is 59.6 cm³/mol. The SMILES string of the molecule is Nc1nccc(-c2cccnc2)c1Br. The first-order valence-electron chi connectivity index (χ1n) is 4.09. The van der Waals surface area contributed by atoms with E-state index in [0.29, 0.717) is 5.82 Å². The summed E-state index contributed by atoms with van der Waals surface area (Å²) in [4.78, 5) is 8.03. The number of pyridine rings is 2. The molecule has 0 saturated heterocycles. The van der Waals surface area contributed by atoms with Gasteiger partial charge in [-0.25, -0.2) is 4.98 Å². The Labute approximate surface area is 90.1 Å². The Morgan fingerprint density at radius 3 is 2.79 bits per heavy atom. The highest BCUT2D eigenvalue weighted by atomic mass is 79.9. The molecule has 0 spiro atoms. The van der Waals surface area contributed by atoms with E-state index in [-0.39, 0.29) is 0 Å². The molecule has 0 unspecified atom stereocenters. The normalized spacial score (nSPS) is 10.1. The zero-order valence-corrected chi connectivity index (χ0v) is 8.90. The van der Waals surface area contributed by atoms with Crippen LogP contribution in [-0.4, -0.2) is 9.97 Å². The monoisotopic (exact) mass is 249 g/mol. The molecule has 0 aromatic carbocycles. The van der Waals surface area contributed by atoms with Crippen molar-refractivity contribution in [2.75, 3.05) is 5.73 Å². The van der Waals surface area contributed by atoms with Crippen LogP contribution in [0.1, 0.15) is 0 Å². The van der Waals surface area contributed by atoms with Crippen LogP contribution < -0.4 is 5.73 Å². The van der Waals surface area contributed by atoms with Crippen LogP contribution in [0.3, 0.4) is 0 Å². The summed E-state index contributed by atoms with van der Waals surface area (Å²) in [5.74, 6) is 0.492. The Morgan fingerprint density at radius 2 is 2.07 bits per heavy atom. The van der Waals surface area contributed by atoms with Gasteiger partial charge >= 0.3 is 0 Å². The van der Waals surface area contributed by atoms with Gasteiger partial charge in [-0.1, -0.05) is 6.07 Å². The number of nitrogens with two attached hydrogens (primary N) is 1. The molecule has 0 atom stereocenters. The molecule has 0 saturated carbocycles. The fourth-order valence-corrected chi connectivity index (χ4v) is 1.67. The van der Waals surface area contributed by atoms with Gasteiger partial charge in [0.05, 0.1) is 4.47 Å². The summed E-state index contributed by atoms with van der Waals surface area (Å²) in [5.41, 5.74) is 7.71. The highest BCUT2D eigenvalue weighted by molar-refractivity contribution is 9.10. The number of hydrogen-bond acceptors (Lipinski definition) is 3. The molecule has 0 aliphatic rings. The van der Waals surface area contributed by atoms with E-state index < -0.39 is 0 Å². The van der Waals surface area contributed by atoms with Gasteiger partial charge in [0.25, 0.3) is 0 Å². The van der Waals surface area contributed by atoms with Gasteiger partial charge in [0, 0.05) is 29.7 Å². The third kappa shape index (κ3) is 1.61. The number of halogens is 1. The van der Waals surface area contributed by atoms with Gasteiger partial charge in [-0.3, -0.25) is 4.98 Å². The van der Waals surface area contributed by atoms with Crippen molar-refractivity contribution in [1.82, 2.24) is 9.97 Å². The molecule has 0 aliphatic carbocycles. The van der Waals surface area contributed by atoms with Gasteiger partial charge in [0.15, 0.2) is 0 Å². The maximum absolute atomic E-state index is 5.68. The van der Waals surface area contributed by atoms with Crippen molar-refractivity contribution >= 4 is 21.7 Å². The number of hydrogen-bond donors (Lipinski definition) is 1. The van der Waals surface area contributed by atoms with Gasteiger partial charge < -0.3 is 5.73 Å². The predicted octanol–water partition coefficient (Wildman–Crippen LogP) is 2.49. The molecule has 2 aromatic heterocycles. The van der Waals surface area contributed by atoms with Crippen LogP contribution in [-0.2, 0) is 0 Å². The van der Waals surface area contributed by atoms with E-state index >= 15 is 0 Å². The smallest absolute Gasteiger partial charge is 0.138 e. The molecule has 0 fully saturated rings. The number of nitrogens with zero attached hydrogens (tertiary/aromatic N) is 2. The molecule has 0 radical (unpaired) electrons. The van der Waals surface area contributed by atoms with Crippen molar-refractivity contribution in [3.05, 3.63) is 41.3 Å². The summed E-state index contributed by atoms with van der Waals surface area (Å²) >= 11 is 3.40. The second kappa shape index (κ2) is 3.75. The van der Waals surface area contributed by atoms with Gasteiger partial charge in [-0.05, 0) is 28.1 Å². The number of rotatable bonds is 1. The third-order valence-corrected chi connectivity index (χ3v) is 2.72. The number of nitrogen functional groups attached to an aromatic ring is 1. The van der Waals surface area contributed by atoms with Crippen LogP contribution in [0.5, 0.6) is 0 Å². The van der Waals surface area contributed by atoms with Crippen molar-refractivity contribution in [2.24, 2.45) is 0 Å². The Hall–Kier alpha value is -1.42. The lowest BCUT2D eigenvalue weighted by molar-refractivity contribution is 1.30. The highest BCUT2D eigenvalue weighted by Gasteiger charge is 2.05.